The van der Waals surface area contributed by atoms with E-state index in [0.717, 1.165) is 0 Å². The van der Waals surface area contributed by atoms with E-state index in [1.54, 1.807) is 6.07 Å². The summed E-state index contributed by atoms with van der Waals surface area (Å²) in [6.45, 7) is 0. The Morgan fingerprint density at radius 2 is 1.22 bits per heavy atom. The number of nitro benzene ring substituents is 1. The van der Waals surface area contributed by atoms with Gasteiger partial charge in [-0.1, -0.05) is 0 Å². The third-order valence-electron chi connectivity index (χ3n) is 0.828. The molecular weight excluding hydrogens is 918 g/mol. The Balaban J connectivity index is -0.0000000129. The summed E-state index contributed by atoms with van der Waals surface area (Å²) in [5, 5.41) is 9.96. The summed E-state index contributed by atoms with van der Waals surface area (Å²) in [6.07, 6.45) is 0. The Labute approximate surface area is 335 Å². The first-order valence-electron chi connectivity index (χ1n) is 2.33. The molecule has 9 radical (unpaired) electrons. The Kier molecular flexibility index (Phi) is 126. The predicted octanol–water partition coefficient (Wildman–Crippen LogP) is 1.17. The minimum absolute atomic E-state index is 0. The molecule has 1 rings (SSSR count). The molecule has 18 heavy (non-hydrogen) atoms. The predicted molar refractivity (Wildman–Crippen MR) is 30.8 cm³/mol. The normalized spacial score (nSPS) is 4.44. The fraction of sp³-hybridized carbons (Fsp3) is 0. The Hall–Kier alpha value is 8.56. The number of nitro groups is 1. The van der Waals surface area contributed by atoms with Crippen LogP contribution in [0.4, 0.5) is 5.69 Å². The quantitative estimate of drug-likeness (QED) is 0.242. The number of hydrogen-bond donors (Lipinski definition) is 0. The van der Waals surface area contributed by atoms with Gasteiger partial charge >= 0.3 is 0 Å². The Morgan fingerprint density at radius 3 is 1.39 bits per heavy atom. The topological polar surface area (TPSA) is 43.1 Å². The van der Waals surface area contributed by atoms with Crippen molar-refractivity contribution >= 4 is 5.69 Å². The summed E-state index contributed by atoms with van der Waals surface area (Å²) in [7, 11) is 0. The van der Waals surface area contributed by atoms with Gasteiger partial charge in [0.15, 0.2) is 0 Å². The van der Waals surface area contributed by atoms with Crippen molar-refractivity contribution in [1.29, 1.82) is 0 Å². The number of nitrogens with zero attached hydrogens (tertiary/aromatic N) is 1. The zero-order chi connectivity index (χ0) is 6.69. The molecule has 1 aromatic rings. The van der Waals surface area contributed by atoms with Crippen LogP contribution >= 0.6 is 0 Å². The molecule has 0 aliphatic heterocycles. The molecule has 0 aliphatic carbocycles. The van der Waals surface area contributed by atoms with Crippen molar-refractivity contribution in [2.75, 3.05) is 0 Å². The van der Waals surface area contributed by atoms with Crippen molar-refractivity contribution < 1.29 is 299 Å². The summed E-state index contributed by atoms with van der Waals surface area (Å²) in [6, 6.07) is 9.30. The van der Waals surface area contributed by atoms with Gasteiger partial charge in [0, 0.05) is 294 Å². The Bertz CT molecular complexity index is 226. The maximum atomic E-state index is 9.96. The molecule has 1 aromatic carbocycles. The molecule has 0 aromatic heterocycles. The largest absolute Gasteiger partial charge is 0.313 e. The van der Waals surface area contributed by atoms with Gasteiger partial charge < -0.3 is 6.07 Å². The van der Waals surface area contributed by atoms with Gasteiger partial charge in [0.05, 0.1) is 5.69 Å². The minimum Gasteiger partial charge on any atom is -0.313 e. The third kappa shape index (κ3) is 32.2. The van der Waals surface area contributed by atoms with Crippen molar-refractivity contribution in [2.24, 2.45) is 0 Å². The molecule has 0 aliphatic rings. The van der Waals surface area contributed by atoms with Crippen LogP contribution in [-0.4, -0.2) is 4.92 Å². The van der Waals surface area contributed by atoms with Crippen LogP contribution in [0, 0.1) is 22.2 Å². The maximum absolute atomic E-state index is 9.96. The van der Waals surface area contributed by atoms with Crippen molar-refractivity contribution in [3.8, 4) is 0 Å². The monoisotopic (exact) mass is 921 g/mol. The molecule has 0 saturated heterocycles. The van der Waals surface area contributed by atoms with Crippen molar-refractivity contribution in [3.05, 3.63) is 40.4 Å². The van der Waals surface area contributed by atoms with Gasteiger partial charge in [0.25, 0.3) is 0 Å². The van der Waals surface area contributed by atoms with Crippen LogP contribution in [-0.2, 0) is 294 Å². The van der Waals surface area contributed by atoms with E-state index < -0.39 is 4.92 Å². The van der Waals surface area contributed by atoms with Crippen molar-refractivity contribution in [3.63, 3.8) is 0 Å². The van der Waals surface area contributed by atoms with Crippen LogP contribution in [0.1, 0.15) is 0 Å². The van der Waals surface area contributed by atoms with E-state index in [4.69, 9.17) is 0 Å². The van der Waals surface area contributed by atoms with Gasteiger partial charge in [-0.25, -0.2) is 12.1 Å². The summed E-state index contributed by atoms with van der Waals surface area (Å²) in [4.78, 5) is 9.45. The summed E-state index contributed by atoms with van der Waals surface area (Å²) in [5.41, 5.74) is -0.0440. The first-order chi connectivity index (χ1) is 4.30. The second-order valence-electron chi connectivity index (χ2n) is 1.43. The molecule has 0 bridgehead atoms. The fourth-order valence-electron chi connectivity index (χ4n) is 0.449. The smallest absolute Gasteiger partial charge is 0.0533 e. The van der Waals surface area contributed by atoms with E-state index in [1.165, 1.54) is 12.1 Å². The standard InChI is InChI=1S/C6H3NO2.9Y/c8-7(9)6-4-2-1-3-5-6;;;;;;;;;/h1-2,5H;;;;;;;;;/q-2;;;;;;;;;. The van der Waals surface area contributed by atoms with E-state index in [2.05, 4.69) is 12.1 Å². The zero-order valence-electron chi connectivity index (χ0n) is 9.69. The van der Waals surface area contributed by atoms with E-state index in [-0.39, 0.29) is 300 Å². The molecule has 12 heteroatoms. The van der Waals surface area contributed by atoms with E-state index in [1.807, 2.05) is 0 Å². The van der Waals surface area contributed by atoms with Gasteiger partial charge in [-0.05, 0) is 4.92 Å². The van der Waals surface area contributed by atoms with Crippen LogP contribution in [0.5, 0.6) is 0 Å². The number of non-ortho nitro benzene ring substituents is 1. The van der Waals surface area contributed by atoms with Gasteiger partial charge in [0.2, 0.25) is 0 Å². The molecule has 0 fully saturated rings. The van der Waals surface area contributed by atoms with Crippen LogP contribution < -0.4 is 0 Å². The number of rotatable bonds is 1. The molecule has 0 saturated carbocycles. The van der Waals surface area contributed by atoms with E-state index in [9.17, 15) is 10.1 Å². The van der Waals surface area contributed by atoms with Gasteiger partial charge in [-0.15, -0.1) is 0 Å². The van der Waals surface area contributed by atoms with Crippen molar-refractivity contribution in [2.45, 2.75) is 0 Å². The molecular formula is C6H3NO2Y9-2. The van der Waals surface area contributed by atoms with Crippen LogP contribution in [0.25, 0.3) is 0 Å². The molecule has 0 N–H and O–H groups in total. The van der Waals surface area contributed by atoms with Crippen LogP contribution in [0.2, 0.25) is 0 Å². The molecule has 73 valence electrons. The molecule has 0 unspecified atom stereocenters. The van der Waals surface area contributed by atoms with Gasteiger partial charge in [-0.2, -0.15) is 0 Å². The summed E-state index contributed by atoms with van der Waals surface area (Å²) in [5.74, 6) is 0. The van der Waals surface area contributed by atoms with Crippen molar-refractivity contribution in [1.82, 2.24) is 0 Å². The molecule has 3 nitrogen and oxygen atoms in total. The summed E-state index contributed by atoms with van der Waals surface area (Å²) < 4.78 is 0. The first kappa shape index (κ1) is 56.3. The Morgan fingerprint density at radius 1 is 0.833 bits per heavy atom. The van der Waals surface area contributed by atoms with E-state index >= 15 is 0 Å². The minimum atomic E-state index is -0.503. The number of hydrogen-bond acceptors (Lipinski definition) is 2. The zero-order valence-corrected chi connectivity index (χ0v) is 35.2. The second-order valence-corrected chi connectivity index (χ2v) is 1.43. The van der Waals surface area contributed by atoms with Crippen LogP contribution in [0.3, 0.4) is 0 Å². The molecule has 0 atom stereocenters. The number of benzene rings is 1. The van der Waals surface area contributed by atoms with Gasteiger partial charge in [-0.3, -0.25) is 22.2 Å². The summed E-state index contributed by atoms with van der Waals surface area (Å²) >= 11 is 0. The first-order valence-corrected chi connectivity index (χ1v) is 2.33. The van der Waals surface area contributed by atoms with Gasteiger partial charge in [0.1, 0.15) is 0 Å². The second kappa shape index (κ2) is 40.3. The van der Waals surface area contributed by atoms with Crippen LogP contribution in [0.15, 0.2) is 18.2 Å². The molecule has 0 heterocycles. The molecule has 0 amide bonds. The maximum Gasteiger partial charge on any atom is 0.0533 e. The fourth-order valence-corrected chi connectivity index (χ4v) is 0.449. The third-order valence-corrected chi connectivity index (χ3v) is 0.828. The SMILES string of the molecule is O=[N+]([O-])c1[c-]cc[c-]c1.[Y].[Y].[Y].[Y].[Y].[Y].[Y].[Y].[Y]. The average molecular weight is 921 g/mol. The molecule has 0 spiro atoms. The average Bonchev–Trinajstić information content (AvgIpc) is 1.90. The van der Waals surface area contributed by atoms with E-state index in [0.29, 0.717) is 0 Å².